The van der Waals surface area contributed by atoms with E-state index in [-0.39, 0.29) is 5.75 Å². The maximum atomic E-state index is 12.1. The molecular formula is C19H14N2O4S. The number of hydrogen-bond donors (Lipinski definition) is 1. The van der Waals surface area contributed by atoms with Crippen molar-refractivity contribution in [1.29, 1.82) is 0 Å². The van der Waals surface area contributed by atoms with E-state index in [1.165, 1.54) is 17.8 Å². The second-order valence-electron chi connectivity index (χ2n) is 5.73. The van der Waals surface area contributed by atoms with E-state index in [2.05, 4.69) is 9.97 Å². The topological polar surface area (TPSA) is 85.2 Å². The van der Waals surface area contributed by atoms with Crippen LogP contribution in [0.1, 0.15) is 5.56 Å². The number of nitrogens with one attached hydrogen (secondary N) is 1. The van der Waals surface area contributed by atoms with Gasteiger partial charge in [-0.2, -0.15) is 0 Å². The highest BCUT2D eigenvalue weighted by Gasteiger charge is 2.11. The average molecular weight is 366 g/mol. The van der Waals surface area contributed by atoms with Gasteiger partial charge in [-0.05, 0) is 36.8 Å². The van der Waals surface area contributed by atoms with Crippen molar-refractivity contribution in [2.45, 2.75) is 12.1 Å². The van der Waals surface area contributed by atoms with Gasteiger partial charge in [0.1, 0.15) is 11.3 Å². The molecule has 6 nitrogen and oxygen atoms in total. The molecule has 0 aliphatic carbocycles. The van der Waals surface area contributed by atoms with Crippen LogP contribution in [-0.4, -0.2) is 21.7 Å². The Bertz CT molecular complexity index is 1150. The van der Waals surface area contributed by atoms with Gasteiger partial charge in [0.2, 0.25) is 0 Å². The highest BCUT2D eigenvalue weighted by atomic mass is 32.2. The van der Waals surface area contributed by atoms with E-state index in [0.717, 1.165) is 22.0 Å². The number of aryl methyl sites for hydroxylation is 1. The van der Waals surface area contributed by atoms with Crippen LogP contribution in [0.4, 0.5) is 0 Å². The number of aromatic nitrogens is 2. The van der Waals surface area contributed by atoms with Gasteiger partial charge >= 0.3 is 11.6 Å². The van der Waals surface area contributed by atoms with Crippen LogP contribution >= 0.6 is 11.8 Å². The Hall–Kier alpha value is -3.06. The molecule has 26 heavy (non-hydrogen) atoms. The molecule has 2 aromatic carbocycles. The van der Waals surface area contributed by atoms with E-state index >= 15 is 0 Å². The quantitative estimate of drug-likeness (QED) is 0.257. The van der Waals surface area contributed by atoms with Crippen molar-refractivity contribution in [3.05, 3.63) is 64.5 Å². The summed E-state index contributed by atoms with van der Waals surface area (Å²) < 4.78 is 10.5. The van der Waals surface area contributed by atoms with E-state index in [4.69, 9.17) is 9.15 Å². The number of H-pyrrole nitrogens is 1. The fraction of sp³-hybridized carbons (Fsp3) is 0.105. The molecule has 0 aliphatic rings. The largest absolute Gasteiger partial charge is 0.426 e. The number of carbonyl (C=O) groups is 1. The van der Waals surface area contributed by atoms with Crippen molar-refractivity contribution < 1.29 is 13.9 Å². The van der Waals surface area contributed by atoms with Gasteiger partial charge in [0, 0.05) is 17.5 Å². The molecule has 4 rings (SSSR count). The second-order valence-corrected chi connectivity index (χ2v) is 6.69. The molecule has 1 N–H and O–H groups in total. The number of benzene rings is 2. The van der Waals surface area contributed by atoms with Crippen LogP contribution in [-0.2, 0) is 4.79 Å². The number of aromatic amines is 1. The van der Waals surface area contributed by atoms with Crippen LogP contribution in [0.25, 0.3) is 22.0 Å². The van der Waals surface area contributed by atoms with Crippen LogP contribution in [0, 0.1) is 6.92 Å². The van der Waals surface area contributed by atoms with Crippen molar-refractivity contribution in [3.8, 4) is 5.75 Å². The zero-order valence-corrected chi connectivity index (χ0v) is 14.6. The molecule has 4 aromatic rings. The van der Waals surface area contributed by atoms with Crippen LogP contribution in [0.15, 0.2) is 62.9 Å². The number of nitrogens with zero attached hydrogens (tertiary/aromatic N) is 1. The first-order chi connectivity index (χ1) is 12.6. The molecule has 0 radical (unpaired) electrons. The molecule has 2 aromatic heterocycles. The fourth-order valence-electron chi connectivity index (χ4n) is 2.65. The van der Waals surface area contributed by atoms with Crippen LogP contribution in [0.5, 0.6) is 5.75 Å². The van der Waals surface area contributed by atoms with Gasteiger partial charge in [-0.15, -0.1) is 0 Å². The van der Waals surface area contributed by atoms with Crippen molar-refractivity contribution in [1.82, 2.24) is 9.97 Å². The Kier molecular flexibility index (Phi) is 4.22. The third kappa shape index (κ3) is 3.34. The third-order valence-electron chi connectivity index (χ3n) is 3.85. The SMILES string of the molecule is Cc1cc(=O)oc2cc(OC(=O)CSc3nc4ccccc4[nH]3)ccc12. The maximum absolute atomic E-state index is 12.1. The smallest absolute Gasteiger partial charge is 0.336 e. The van der Waals surface area contributed by atoms with Gasteiger partial charge in [-0.3, -0.25) is 4.79 Å². The van der Waals surface area contributed by atoms with E-state index in [0.29, 0.717) is 16.5 Å². The minimum absolute atomic E-state index is 0.107. The first-order valence-corrected chi connectivity index (χ1v) is 8.90. The summed E-state index contributed by atoms with van der Waals surface area (Å²) in [6, 6.07) is 14.1. The summed E-state index contributed by atoms with van der Waals surface area (Å²) >= 11 is 1.27. The van der Waals surface area contributed by atoms with Gasteiger partial charge < -0.3 is 14.1 Å². The first-order valence-electron chi connectivity index (χ1n) is 7.91. The van der Waals surface area contributed by atoms with Gasteiger partial charge in [-0.1, -0.05) is 23.9 Å². The predicted molar refractivity (Wildman–Crippen MR) is 99.7 cm³/mol. The summed E-state index contributed by atoms with van der Waals surface area (Å²) in [6.07, 6.45) is 0. The number of esters is 1. The number of imidazole rings is 1. The highest BCUT2D eigenvalue weighted by Crippen LogP contribution is 2.23. The van der Waals surface area contributed by atoms with Crippen LogP contribution in [0.2, 0.25) is 0 Å². The summed E-state index contributed by atoms with van der Waals surface area (Å²) in [6.45, 7) is 1.83. The van der Waals surface area contributed by atoms with Crippen molar-refractivity contribution in [2.75, 3.05) is 5.75 Å². The summed E-state index contributed by atoms with van der Waals surface area (Å²) in [5.74, 6) is 0.0292. The molecular weight excluding hydrogens is 352 g/mol. The standard InChI is InChI=1S/C19H14N2O4S/c1-11-8-17(22)25-16-9-12(6-7-13(11)16)24-18(23)10-26-19-20-14-4-2-3-5-15(14)21-19/h2-9H,10H2,1H3,(H,20,21). The Morgan fingerprint density at radius 3 is 2.92 bits per heavy atom. The Morgan fingerprint density at radius 1 is 1.23 bits per heavy atom. The summed E-state index contributed by atoms with van der Waals surface area (Å²) in [5, 5.41) is 1.46. The number of ether oxygens (including phenoxy) is 1. The summed E-state index contributed by atoms with van der Waals surface area (Å²) in [4.78, 5) is 31.1. The zero-order chi connectivity index (χ0) is 18.1. The number of carbonyl (C=O) groups excluding carboxylic acids is 1. The average Bonchev–Trinajstić information content (AvgIpc) is 3.02. The molecule has 130 valence electrons. The molecule has 0 aliphatic heterocycles. The monoisotopic (exact) mass is 366 g/mol. The Morgan fingerprint density at radius 2 is 2.08 bits per heavy atom. The number of para-hydroxylation sites is 2. The molecule has 7 heteroatoms. The van der Waals surface area contributed by atoms with E-state index in [1.54, 1.807) is 18.2 Å². The molecule has 0 spiro atoms. The fourth-order valence-corrected chi connectivity index (χ4v) is 3.31. The lowest BCUT2D eigenvalue weighted by atomic mass is 10.1. The van der Waals surface area contributed by atoms with Gasteiger partial charge in [0.15, 0.2) is 5.16 Å². The van der Waals surface area contributed by atoms with E-state index in [9.17, 15) is 9.59 Å². The minimum Gasteiger partial charge on any atom is -0.426 e. The number of fused-ring (bicyclic) bond motifs is 2. The molecule has 0 saturated heterocycles. The molecule has 0 bridgehead atoms. The molecule has 0 amide bonds. The highest BCUT2D eigenvalue weighted by molar-refractivity contribution is 7.99. The normalized spacial score (nSPS) is 11.1. The lowest BCUT2D eigenvalue weighted by Crippen LogP contribution is -2.11. The van der Waals surface area contributed by atoms with Crippen molar-refractivity contribution >= 4 is 39.7 Å². The number of thioether (sulfide) groups is 1. The van der Waals surface area contributed by atoms with Crippen molar-refractivity contribution in [2.24, 2.45) is 0 Å². The van der Waals surface area contributed by atoms with Gasteiger partial charge in [0.25, 0.3) is 0 Å². The lowest BCUT2D eigenvalue weighted by molar-refractivity contribution is -0.131. The first kappa shape index (κ1) is 16.4. The predicted octanol–water partition coefficient (Wildman–Crippen LogP) is 3.68. The Labute approximate surface area is 152 Å². The molecule has 0 unspecified atom stereocenters. The van der Waals surface area contributed by atoms with E-state index in [1.807, 2.05) is 31.2 Å². The third-order valence-corrected chi connectivity index (χ3v) is 4.70. The summed E-state index contributed by atoms with van der Waals surface area (Å²) in [5.41, 5.74) is 2.55. The summed E-state index contributed by atoms with van der Waals surface area (Å²) in [7, 11) is 0. The van der Waals surface area contributed by atoms with Gasteiger partial charge in [0.05, 0.1) is 16.8 Å². The minimum atomic E-state index is -0.432. The van der Waals surface area contributed by atoms with Crippen LogP contribution in [0.3, 0.4) is 0 Å². The lowest BCUT2D eigenvalue weighted by Gasteiger charge is -2.05. The van der Waals surface area contributed by atoms with Crippen molar-refractivity contribution in [3.63, 3.8) is 0 Å². The zero-order valence-electron chi connectivity index (χ0n) is 13.8. The van der Waals surface area contributed by atoms with Gasteiger partial charge in [-0.25, -0.2) is 9.78 Å². The van der Waals surface area contributed by atoms with Crippen LogP contribution < -0.4 is 10.4 Å². The molecule has 0 fully saturated rings. The second kappa shape index (κ2) is 6.68. The number of rotatable bonds is 4. The molecule has 0 atom stereocenters. The number of hydrogen-bond acceptors (Lipinski definition) is 6. The molecule has 2 heterocycles. The molecule has 0 saturated carbocycles. The Balaban J connectivity index is 1.46. The maximum Gasteiger partial charge on any atom is 0.336 e. The van der Waals surface area contributed by atoms with E-state index < -0.39 is 11.6 Å².